The topological polar surface area (TPSA) is 3.24 Å². The monoisotopic (exact) mass is 903 g/mol. The third kappa shape index (κ3) is 6.26. The maximum Gasteiger partial charge on any atom is 0.0725 e. The van der Waals surface area contributed by atoms with Crippen molar-refractivity contribution in [2.45, 2.75) is 24.7 Å². The summed E-state index contributed by atoms with van der Waals surface area (Å²) >= 11 is 0. The molecule has 0 aromatic heterocycles. The zero-order valence-corrected chi connectivity index (χ0v) is 39.8. The highest BCUT2D eigenvalue weighted by Crippen LogP contribution is 2.64. The Bertz CT molecular complexity index is 3790. The van der Waals surface area contributed by atoms with E-state index in [0.717, 1.165) is 17.1 Å². The molecule has 1 nitrogen and oxygen atoms in total. The second-order valence-electron chi connectivity index (χ2n) is 20.0. The van der Waals surface area contributed by atoms with Crippen LogP contribution in [-0.2, 0) is 10.8 Å². The summed E-state index contributed by atoms with van der Waals surface area (Å²) in [6, 6.07) is 97.3. The van der Waals surface area contributed by atoms with E-state index in [2.05, 4.69) is 280 Å². The van der Waals surface area contributed by atoms with Crippen LogP contribution >= 0.6 is 0 Å². The van der Waals surface area contributed by atoms with Crippen LogP contribution < -0.4 is 4.90 Å². The zero-order valence-electron chi connectivity index (χ0n) is 39.8. The van der Waals surface area contributed by atoms with E-state index in [4.69, 9.17) is 0 Å². The molecule has 0 atom stereocenters. The molecule has 71 heavy (non-hydrogen) atoms. The van der Waals surface area contributed by atoms with Crippen LogP contribution in [0.3, 0.4) is 0 Å². The third-order valence-corrected chi connectivity index (χ3v) is 15.9. The van der Waals surface area contributed by atoms with E-state index < -0.39 is 5.41 Å². The molecular weight excluding hydrogens is 855 g/mol. The van der Waals surface area contributed by atoms with Gasteiger partial charge in [0.05, 0.1) is 5.41 Å². The number of fused-ring (bicyclic) bond motifs is 13. The van der Waals surface area contributed by atoms with Gasteiger partial charge in [0.15, 0.2) is 0 Å². The van der Waals surface area contributed by atoms with Crippen LogP contribution in [0.1, 0.15) is 47.2 Å². The summed E-state index contributed by atoms with van der Waals surface area (Å²) in [5.41, 5.74) is 28.3. The Morgan fingerprint density at radius 1 is 0.225 bits per heavy atom. The number of hydrogen-bond acceptors (Lipinski definition) is 1. The fourth-order valence-electron chi connectivity index (χ4n) is 12.5. The van der Waals surface area contributed by atoms with Crippen LogP contribution in [-0.4, -0.2) is 0 Å². The maximum atomic E-state index is 2.48. The Labute approximate surface area is 416 Å². The largest absolute Gasteiger partial charge is 0.310 e. The lowest BCUT2D eigenvalue weighted by molar-refractivity contribution is 0.660. The van der Waals surface area contributed by atoms with Crippen LogP contribution in [0.25, 0.3) is 77.9 Å². The summed E-state index contributed by atoms with van der Waals surface area (Å²) in [6.07, 6.45) is 0. The van der Waals surface area contributed by atoms with Gasteiger partial charge in [0.1, 0.15) is 0 Å². The number of nitrogens with zero attached hydrogens (tertiary/aromatic N) is 1. The highest BCUT2D eigenvalue weighted by atomic mass is 15.1. The number of rotatable bonds is 7. The lowest BCUT2D eigenvalue weighted by Gasteiger charge is -2.31. The number of benzene rings is 11. The summed E-state index contributed by atoms with van der Waals surface area (Å²) < 4.78 is 0. The van der Waals surface area contributed by atoms with Crippen molar-refractivity contribution < 1.29 is 0 Å². The molecule has 0 saturated heterocycles. The minimum absolute atomic E-state index is 0.128. The quantitative estimate of drug-likeness (QED) is 0.154. The molecule has 0 heterocycles. The van der Waals surface area contributed by atoms with E-state index in [1.54, 1.807) is 0 Å². The predicted molar refractivity (Wildman–Crippen MR) is 297 cm³/mol. The summed E-state index contributed by atoms with van der Waals surface area (Å²) in [4.78, 5) is 2.44. The molecule has 14 rings (SSSR count). The molecule has 1 spiro atoms. The van der Waals surface area contributed by atoms with Crippen LogP contribution in [0.15, 0.2) is 261 Å². The second kappa shape index (κ2) is 15.9. The smallest absolute Gasteiger partial charge is 0.0725 e. The molecule has 334 valence electrons. The van der Waals surface area contributed by atoms with Gasteiger partial charge < -0.3 is 4.90 Å². The van der Waals surface area contributed by atoms with E-state index in [-0.39, 0.29) is 5.41 Å². The zero-order chi connectivity index (χ0) is 47.3. The van der Waals surface area contributed by atoms with E-state index in [0.29, 0.717) is 0 Å². The first-order valence-electron chi connectivity index (χ1n) is 24.9. The van der Waals surface area contributed by atoms with E-state index in [9.17, 15) is 0 Å². The van der Waals surface area contributed by atoms with Crippen molar-refractivity contribution in [3.8, 4) is 77.9 Å². The summed E-state index contributed by atoms with van der Waals surface area (Å²) in [5, 5.41) is 0. The molecule has 11 aromatic rings. The first-order valence-corrected chi connectivity index (χ1v) is 24.9. The van der Waals surface area contributed by atoms with Crippen molar-refractivity contribution in [3.05, 3.63) is 294 Å². The molecule has 1 heteroatoms. The molecule has 0 radical (unpaired) electrons. The van der Waals surface area contributed by atoms with E-state index in [1.807, 2.05) is 0 Å². The van der Waals surface area contributed by atoms with Gasteiger partial charge in [-0.15, -0.1) is 0 Å². The highest BCUT2D eigenvalue weighted by Gasteiger charge is 2.52. The summed E-state index contributed by atoms with van der Waals surface area (Å²) in [6.45, 7) is 4.73. The lowest BCUT2D eigenvalue weighted by Crippen LogP contribution is -2.26. The van der Waals surface area contributed by atoms with Crippen molar-refractivity contribution in [1.29, 1.82) is 0 Å². The SMILES string of the molecule is CC1(C)c2ccccc2-c2ccc(N(c3ccc(-c4ccccc4)cc3)c3cccc(-c4ccc5c(c4)-c4ccccc4C54c5cc(-c6ccccc6)ccc5-c5ccc(-c6ccccc6)cc54)c3)cc21. The van der Waals surface area contributed by atoms with Crippen LogP contribution in [0.2, 0.25) is 0 Å². The fourth-order valence-corrected chi connectivity index (χ4v) is 12.5. The van der Waals surface area contributed by atoms with Gasteiger partial charge in [-0.1, -0.05) is 220 Å². The van der Waals surface area contributed by atoms with E-state index >= 15 is 0 Å². The van der Waals surface area contributed by atoms with Crippen molar-refractivity contribution in [2.75, 3.05) is 4.90 Å². The Morgan fingerprint density at radius 2 is 0.620 bits per heavy atom. The molecule has 0 N–H and O–H groups in total. The number of anilines is 3. The van der Waals surface area contributed by atoms with Crippen LogP contribution in [0.4, 0.5) is 17.1 Å². The van der Waals surface area contributed by atoms with Crippen molar-refractivity contribution in [1.82, 2.24) is 0 Å². The summed E-state index contributed by atoms with van der Waals surface area (Å²) in [7, 11) is 0. The Kier molecular flexibility index (Phi) is 9.22. The Hall–Kier alpha value is -8.78. The van der Waals surface area contributed by atoms with E-state index in [1.165, 1.54) is 111 Å². The standard InChI is InChI=1S/C70H49N/c1-69(2)63-27-14-12-25-57(63)59-39-36-56(45-66(59)69)71(54-34-29-49(30-35-54)46-17-6-3-7-18-46)55-24-16-23-50(41-55)51-33-40-65-62(42-51)58-26-13-15-28-64(58)70(65)67-43-52(47-19-8-4-9-20-47)31-37-60(67)61-38-32-53(44-68(61)70)48-21-10-5-11-22-48/h3-45H,1-2H3. The average molecular weight is 904 g/mol. The molecule has 3 aliphatic carbocycles. The third-order valence-electron chi connectivity index (χ3n) is 15.9. The van der Waals surface area contributed by atoms with Gasteiger partial charge in [0.25, 0.3) is 0 Å². The van der Waals surface area contributed by atoms with Gasteiger partial charge in [-0.25, -0.2) is 0 Å². The average Bonchev–Trinajstić information content (AvgIpc) is 3.99. The minimum atomic E-state index is -0.504. The lowest BCUT2D eigenvalue weighted by atomic mass is 9.70. The molecule has 0 saturated carbocycles. The van der Waals surface area contributed by atoms with Crippen LogP contribution in [0.5, 0.6) is 0 Å². The minimum Gasteiger partial charge on any atom is -0.310 e. The molecule has 0 unspecified atom stereocenters. The molecule has 0 aliphatic heterocycles. The summed E-state index contributed by atoms with van der Waals surface area (Å²) in [5.74, 6) is 0. The van der Waals surface area contributed by atoms with Gasteiger partial charge in [-0.3, -0.25) is 0 Å². The Morgan fingerprint density at radius 3 is 1.25 bits per heavy atom. The van der Waals surface area contributed by atoms with Gasteiger partial charge in [0, 0.05) is 22.5 Å². The Balaban J connectivity index is 0.932. The maximum absolute atomic E-state index is 2.48. The van der Waals surface area contributed by atoms with Crippen LogP contribution in [0, 0.1) is 0 Å². The highest BCUT2D eigenvalue weighted by molar-refractivity contribution is 5.98. The van der Waals surface area contributed by atoms with Crippen molar-refractivity contribution in [2.24, 2.45) is 0 Å². The predicted octanol–water partition coefficient (Wildman–Crippen LogP) is 18.5. The second-order valence-corrected chi connectivity index (χ2v) is 20.0. The molecule has 0 amide bonds. The van der Waals surface area contributed by atoms with Gasteiger partial charge in [-0.2, -0.15) is 0 Å². The first-order chi connectivity index (χ1) is 34.9. The van der Waals surface area contributed by atoms with Gasteiger partial charge >= 0.3 is 0 Å². The van der Waals surface area contributed by atoms with Crippen molar-refractivity contribution in [3.63, 3.8) is 0 Å². The molecule has 11 aromatic carbocycles. The normalized spacial score (nSPS) is 13.7. The first kappa shape index (κ1) is 41.2. The van der Waals surface area contributed by atoms with Gasteiger partial charge in [0.2, 0.25) is 0 Å². The molecule has 0 fully saturated rings. The van der Waals surface area contributed by atoms with Crippen molar-refractivity contribution >= 4 is 17.1 Å². The fraction of sp³-hybridized carbons (Fsp3) is 0.0571. The number of hydrogen-bond donors (Lipinski definition) is 0. The van der Waals surface area contributed by atoms with Gasteiger partial charge in [-0.05, 0) is 166 Å². The molecule has 0 bridgehead atoms. The molecular formula is C70H49N. The molecule has 3 aliphatic rings.